The van der Waals surface area contributed by atoms with Crippen LogP contribution in [-0.2, 0) is 0 Å². The summed E-state index contributed by atoms with van der Waals surface area (Å²) in [5.41, 5.74) is 0.583. The monoisotopic (exact) mass is 805 g/mol. The van der Waals surface area contributed by atoms with Gasteiger partial charge in [0.2, 0.25) is 0 Å². The molecule has 0 aromatic carbocycles. The van der Waals surface area contributed by atoms with Crippen molar-refractivity contribution in [1.29, 1.82) is 0 Å². The zero-order chi connectivity index (χ0) is 43.9. The fraction of sp³-hybridized carbons (Fsp3) is 1.00. The molecule has 0 nitrogen and oxygen atoms in total. The Kier molecular flexibility index (Phi) is 113. The van der Waals surface area contributed by atoms with Gasteiger partial charge in [0, 0.05) is 0 Å². The number of rotatable bonds is 24. The van der Waals surface area contributed by atoms with Crippen LogP contribution in [0.1, 0.15) is 341 Å². The molecule has 0 rings (SSSR count). The van der Waals surface area contributed by atoms with Gasteiger partial charge in [0.15, 0.2) is 0 Å². The highest BCUT2D eigenvalue weighted by Crippen LogP contribution is 2.22. The molecule has 0 fully saturated rings. The van der Waals surface area contributed by atoms with Crippen molar-refractivity contribution in [2.75, 3.05) is 0 Å². The van der Waals surface area contributed by atoms with Crippen molar-refractivity contribution in [3.8, 4) is 0 Å². The first-order valence-corrected chi connectivity index (χ1v) is 25.6. The smallest absolute Gasteiger partial charge is 0.0359 e. The van der Waals surface area contributed by atoms with E-state index in [1.54, 1.807) is 0 Å². The van der Waals surface area contributed by atoms with Crippen molar-refractivity contribution < 1.29 is 0 Å². The predicted molar refractivity (Wildman–Crippen MR) is 279 cm³/mol. The lowest BCUT2D eigenvalue weighted by molar-refractivity contribution is 0.338. The lowest BCUT2D eigenvalue weighted by Crippen LogP contribution is -2.05. The second kappa shape index (κ2) is 79.2. The highest BCUT2D eigenvalue weighted by Gasteiger charge is 2.09. The van der Waals surface area contributed by atoms with E-state index in [1.807, 2.05) is 0 Å². The second-order valence-electron chi connectivity index (χ2n) is 17.6. The molecule has 0 amide bonds. The van der Waals surface area contributed by atoms with Crippen LogP contribution in [0.2, 0.25) is 0 Å². The molecule has 0 radical (unpaired) electrons. The van der Waals surface area contributed by atoms with Crippen molar-refractivity contribution in [3.63, 3.8) is 0 Å². The predicted octanol–water partition coefficient (Wildman–Crippen LogP) is 23.6. The maximum Gasteiger partial charge on any atom is -0.0359 e. The molecule has 0 heteroatoms. The summed E-state index contributed by atoms with van der Waals surface area (Å²) < 4.78 is 0. The summed E-state index contributed by atoms with van der Waals surface area (Å²) in [5.74, 6) is 3.79. The number of hydrogen-bond acceptors (Lipinski definition) is 0. The van der Waals surface area contributed by atoms with Crippen LogP contribution < -0.4 is 0 Å². The van der Waals surface area contributed by atoms with Gasteiger partial charge in [-0.15, -0.1) is 0 Å². The molecule has 0 aliphatic rings. The van der Waals surface area contributed by atoms with Gasteiger partial charge in [0.25, 0.3) is 0 Å². The molecule has 0 aliphatic heterocycles. The van der Waals surface area contributed by atoms with E-state index < -0.39 is 0 Å². The van der Waals surface area contributed by atoms with Crippen molar-refractivity contribution in [3.05, 3.63) is 0 Å². The van der Waals surface area contributed by atoms with Crippen LogP contribution in [0.4, 0.5) is 0 Å². The molecule has 0 N–H and O–H groups in total. The summed E-state index contributed by atoms with van der Waals surface area (Å²) in [4.78, 5) is 0. The van der Waals surface area contributed by atoms with Gasteiger partial charge < -0.3 is 0 Å². The minimum Gasteiger partial charge on any atom is -0.0776 e. The average Bonchev–Trinajstić information content (AvgIpc) is 3.17. The van der Waals surface area contributed by atoms with Crippen LogP contribution in [0, 0.1) is 29.1 Å². The minimum atomic E-state index is 0. The lowest BCUT2D eigenvalue weighted by Gasteiger charge is -2.18. The molecule has 0 saturated heterocycles. The van der Waals surface area contributed by atoms with E-state index in [9.17, 15) is 0 Å². The Morgan fingerprint density at radius 3 is 0.732 bits per heavy atom. The van der Waals surface area contributed by atoms with Crippen LogP contribution in [0.15, 0.2) is 0 Å². The Morgan fingerprint density at radius 2 is 0.589 bits per heavy atom. The van der Waals surface area contributed by atoms with Crippen LogP contribution in [0.3, 0.4) is 0 Å². The van der Waals surface area contributed by atoms with E-state index in [-0.39, 0.29) is 14.9 Å². The zero-order valence-electron chi connectivity index (χ0n) is 43.9. The molecule has 0 bridgehead atoms. The van der Waals surface area contributed by atoms with Crippen LogP contribution >= 0.6 is 0 Å². The highest BCUT2D eigenvalue weighted by atomic mass is 14.2. The molecule has 0 saturated carbocycles. The van der Waals surface area contributed by atoms with Gasteiger partial charge in [-0.25, -0.2) is 0 Å². The fourth-order valence-electron chi connectivity index (χ4n) is 4.87. The van der Waals surface area contributed by atoms with E-state index in [1.165, 1.54) is 173 Å². The molecule has 0 aliphatic carbocycles. The van der Waals surface area contributed by atoms with Crippen molar-refractivity contribution in [2.45, 2.75) is 341 Å². The molecular formula is C56H132. The van der Waals surface area contributed by atoms with Gasteiger partial charge >= 0.3 is 0 Å². The molecule has 0 aromatic rings. The number of unbranched alkanes of at least 4 members (excludes halogenated alkanes) is 11. The van der Waals surface area contributed by atoms with E-state index in [4.69, 9.17) is 0 Å². The fourth-order valence-corrected chi connectivity index (χ4v) is 4.87. The first-order valence-electron chi connectivity index (χ1n) is 25.6. The van der Waals surface area contributed by atoms with Gasteiger partial charge in [-0.1, -0.05) is 341 Å². The molecule has 0 spiro atoms. The van der Waals surface area contributed by atoms with Gasteiger partial charge in [-0.2, -0.15) is 0 Å². The van der Waals surface area contributed by atoms with Gasteiger partial charge in [-0.3, -0.25) is 0 Å². The van der Waals surface area contributed by atoms with Crippen molar-refractivity contribution in [2.24, 2.45) is 29.1 Å². The quantitative estimate of drug-likeness (QED) is 0.0853. The SMILES string of the molecule is C.C.CCC(C)(C)CC.CCC(C)CC.CCC(CC)CC.CCCC(C)CCC.CCCCC.CCCCCC.CCCCCC(C)C.CCCCCCC. The molecule has 356 valence electrons. The van der Waals surface area contributed by atoms with E-state index in [2.05, 4.69) is 152 Å². The van der Waals surface area contributed by atoms with Gasteiger partial charge in [0.1, 0.15) is 0 Å². The van der Waals surface area contributed by atoms with E-state index in [0.29, 0.717) is 5.41 Å². The normalized spacial score (nSPS) is 9.75. The molecule has 0 aromatic heterocycles. The third kappa shape index (κ3) is 117. The summed E-state index contributed by atoms with van der Waals surface area (Å²) in [6.45, 7) is 49.7. The summed E-state index contributed by atoms with van der Waals surface area (Å²) in [7, 11) is 0. The largest absolute Gasteiger partial charge is 0.0776 e. The Hall–Kier alpha value is 0. The summed E-state index contributed by atoms with van der Waals surface area (Å²) >= 11 is 0. The lowest BCUT2D eigenvalue weighted by atomic mass is 9.88. The third-order valence-corrected chi connectivity index (χ3v) is 10.9. The topological polar surface area (TPSA) is 0 Å². The first kappa shape index (κ1) is 80.1. The van der Waals surface area contributed by atoms with Gasteiger partial charge in [-0.05, 0) is 29.1 Å². The Morgan fingerprint density at radius 1 is 0.304 bits per heavy atom. The zero-order valence-corrected chi connectivity index (χ0v) is 43.9. The van der Waals surface area contributed by atoms with Crippen LogP contribution in [0.5, 0.6) is 0 Å². The maximum absolute atomic E-state index is 2.34. The third-order valence-electron chi connectivity index (χ3n) is 10.9. The van der Waals surface area contributed by atoms with Crippen LogP contribution in [0.25, 0.3) is 0 Å². The van der Waals surface area contributed by atoms with E-state index in [0.717, 1.165) is 23.7 Å². The van der Waals surface area contributed by atoms with Gasteiger partial charge in [0.05, 0.1) is 0 Å². The summed E-state index contributed by atoms with van der Waals surface area (Å²) in [6, 6.07) is 0. The summed E-state index contributed by atoms with van der Waals surface area (Å²) in [6.07, 6.45) is 37.1. The molecule has 0 atom stereocenters. The Balaban J connectivity index is -0.0000000539. The minimum absolute atomic E-state index is 0. The highest BCUT2D eigenvalue weighted by molar-refractivity contribution is 4.61. The first-order chi connectivity index (χ1) is 25.6. The molecular weight excluding hydrogens is 673 g/mol. The molecule has 56 heavy (non-hydrogen) atoms. The van der Waals surface area contributed by atoms with Crippen LogP contribution in [-0.4, -0.2) is 0 Å². The average molecular weight is 806 g/mol. The van der Waals surface area contributed by atoms with Crippen molar-refractivity contribution >= 4 is 0 Å². The molecule has 0 unspecified atom stereocenters. The molecule has 0 heterocycles. The Bertz CT molecular complexity index is 453. The Labute approximate surface area is 368 Å². The maximum atomic E-state index is 2.34. The van der Waals surface area contributed by atoms with Crippen molar-refractivity contribution in [1.82, 2.24) is 0 Å². The number of hydrogen-bond donors (Lipinski definition) is 0. The second-order valence-corrected chi connectivity index (χ2v) is 17.6. The van der Waals surface area contributed by atoms with E-state index >= 15 is 0 Å². The summed E-state index contributed by atoms with van der Waals surface area (Å²) in [5, 5.41) is 0. The standard InChI is InChI=1S/2C8H18.3C7H16.2C6H14.C5H12.2CH4/c1-4-5-6-7-8(2)3;1-4-6-8(3)7-5-2;1-5-7(3,4)6-2;1-4-7(5-2)6-3;1-3-5-7-6-4-2;1-4-6(3)5-2;1-3-5-6-4-2;1-3-5-4-2;;/h2*8H,4-7H2,1-3H3;5-6H2,1-4H3;7H,4-6H2,1-3H3;3-7H2,1-2H3;6H,4-5H2,1-3H3;3-6H2,1-2H3;3-5H2,1-2H3;2*1H4.